The lowest BCUT2D eigenvalue weighted by molar-refractivity contribution is -0.176. The van der Waals surface area contributed by atoms with E-state index in [9.17, 15) is 26.3 Å². The van der Waals surface area contributed by atoms with Gasteiger partial charge in [-0.15, -0.1) is 0 Å². The molecule has 0 saturated carbocycles. The van der Waals surface area contributed by atoms with Gasteiger partial charge in [-0.1, -0.05) is 116 Å². The topological polar surface area (TPSA) is 9.23 Å². The zero-order valence-electron chi connectivity index (χ0n) is 20.1. The fraction of sp³-hybridized carbons (Fsp3) is 0.920. The number of alkyl halides is 6. The third-order valence-corrected chi connectivity index (χ3v) is 5.74. The van der Waals surface area contributed by atoms with E-state index in [2.05, 4.69) is 6.92 Å². The van der Waals surface area contributed by atoms with Crippen molar-refractivity contribution < 1.29 is 31.1 Å². The van der Waals surface area contributed by atoms with Crippen molar-refractivity contribution in [3.8, 4) is 0 Å². The first kappa shape index (κ1) is 31.1. The van der Waals surface area contributed by atoms with E-state index < -0.39 is 23.7 Å². The zero-order valence-corrected chi connectivity index (χ0v) is 20.1. The van der Waals surface area contributed by atoms with Crippen LogP contribution < -0.4 is 0 Å². The van der Waals surface area contributed by atoms with E-state index in [-0.39, 0.29) is 6.61 Å². The van der Waals surface area contributed by atoms with Gasteiger partial charge in [-0.2, -0.15) is 26.3 Å². The summed E-state index contributed by atoms with van der Waals surface area (Å²) < 4.78 is 80.0. The van der Waals surface area contributed by atoms with E-state index in [0.717, 1.165) is 32.6 Å². The number of halogens is 6. The molecular weight excluding hydrogens is 430 g/mol. The average Bonchev–Trinajstić information content (AvgIpc) is 2.67. The Morgan fingerprint density at radius 3 is 1.06 bits per heavy atom. The maximum atomic E-state index is 12.6. The molecule has 7 heteroatoms. The molecule has 0 aromatic carbocycles. The molecule has 0 rings (SSSR count). The molecule has 0 aliphatic carbocycles. The predicted octanol–water partition coefficient (Wildman–Crippen LogP) is 10.4. The van der Waals surface area contributed by atoms with Gasteiger partial charge >= 0.3 is 12.4 Å². The minimum atomic E-state index is -5.46. The molecule has 1 nitrogen and oxygen atoms in total. The van der Waals surface area contributed by atoms with Crippen LogP contribution >= 0.6 is 0 Å². The second kappa shape index (κ2) is 18.5. The Balaban J connectivity index is 3.52. The van der Waals surface area contributed by atoms with Gasteiger partial charge < -0.3 is 4.74 Å². The van der Waals surface area contributed by atoms with Crippen LogP contribution in [-0.2, 0) is 4.74 Å². The number of unbranched alkanes of at least 4 members (excludes halogenated alkanes) is 17. The van der Waals surface area contributed by atoms with E-state index in [4.69, 9.17) is 4.74 Å². The lowest BCUT2D eigenvalue weighted by Gasteiger charge is -2.18. The number of hydrogen-bond acceptors (Lipinski definition) is 1. The van der Waals surface area contributed by atoms with Crippen molar-refractivity contribution in [1.29, 1.82) is 0 Å². The third kappa shape index (κ3) is 17.6. The Morgan fingerprint density at radius 1 is 0.500 bits per heavy atom. The number of ether oxygens (including phenoxy) is 1. The Morgan fingerprint density at radius 2 is 0.781 bits per heavy atom. The number of allylic oxidation sites excluding steroid dienone is 2. The highest BCUT2D eigenvalue weighted by Crippen LogP contribution is 2.40. The minimum absolute atomic E-state index is 0.125. The van der Waals surface area contributed by atoms with Gasteiger partial charge in [0.1, 0.15) is 5.76 Å². The Hall–Kier alpha value is -0.880. The second-order valence-corrected chi connectivity index (χ2v) is 8.79. The molecule has 0 N–H and O–H groups in total. The van der Waals surface area contributed by atoms with Crippen LogP contribution in [0.3, 0.4) is 0 Å². The predicted molar refractivity (Wildman–Crippen MR) is 120 cm³/mol. The summed E-state index contributed by atoms with van der Waals surface area (Å²) in [6, 6.07) is 0. The van der Waals surface area contributed by atoms with Gasteiger partial charge in [0.05, 0.1) is 6.61 Å². The summed E-state index contributed by atoms with van der Waals surface area (Å²) in [7, 11) is 0. The molecule has 0 aromatic rings. The molecule has 0 fully saturated rings. The van der Waals surface area contributed by atoms with Gasteiger partial charge in [0.15, 0.2) is 5.57 Å². The fourth-order valence-electron chi connectivity index (χ4n) is 3.86. The zero-order chi connectivity index (χ0) is 24.3. The summed E-state index contributed by atoms with van der Waals surface area (Å²) in [6.07, 6.45) is 10.6. The molecule has 0 heterocycles. The first-order valence-corrected chi connectivity index (χ1v) is 12.6. The van der Waals surface area contributed by atoms with Crippen LogP contribution in [0.4, 0.5) is 26.3 Å². The van der Waals surface area contributed by atoms with E-state index in [1.807, 2.05) is 0 Å². The van der Waals surface area contributed by atoms with Crippen LogP contribution in [0.5, 0.6) is 0 Å². The van der Waals surface area contributed by atoms with Gasteiger partial charge in [0, 0.05) is 0 Å². The molecule has 0 unspecified atom stereocenters. The lowest BCUT2D eigenvalue weighted by atomic mass is 10.0. The summed E-state index contributed by atoms with van der Waals surface area (Å²) in [6.45, 7) is 2.84. The standard InChI is InChI=1S/C25H44F6O/c1-3-4-5-6-7-8-9-10-11-12-13-14-15-16-17-18-19-20-21-32-22(2)23(24(26,27)28)25(29,30)31/h3-21H2,1-2H3. The molecule has 0 radical (unpaired) electrons. The molecule has 0 aliphatic rings. The summed E-state index contributed by atoms with van der Waals surface area (Å²) in [4.78, 5) is 0. The van der Waals surface area contributed by atoms with E-state index in [1.165, 1.54) is 83.5 Å². The highest BCUT2D eigenvalue weighted by Gasteiger charge is 2.53. The summed E-state index contributed by atoms with van der Waals surface area (Å²) in [5, 5.41) is 0. The highest BCUT2D eigenvalue weighted by molar-refractivity contribution is 5.18. The normalized spacial score (nSPS) is 12.2. The van der Waals surface area contributed by atoms with Gasteiger partial charge in [-0.05, 0) is 13.3 Å². The number of rotatable bonds is 20. The summed E-state index contributed by atoms with van der Waals surface area (Å²) in [5.41, 5.74) is -2.55. The van der Waals surface area contributed by atoms with Gasteiger partial charge in [-0.25, -0.2) is 0 Å². The van der Waals surface area contributed by atoms with Crippen LogP contribution in [0.15, 0.2) is 11.3 Å². The molecule has 0 saturated heterocycles. The largest absolute Gasteiger partial charge is 0.498 e. The summed E-state index contributed by atoms with van der Waals surface area (Å²) in [5.74, 6) is -1.10. The average molecular weight is 475 g/mol. The Bertz CT molecular complexity index is 452. The lowest BCUT2D eigenvalue weighted by Crippen LogP contribution is -2.28. The quantitative estimate of drug-likeness (QED) is 0.0968. The van der Waals surface area contributed by atoms with Crippen molar-refractivity contribution in [2.24, 2.45) is 0 Å². The SMILES string of the molecule is CCCCCCCCCCCCCCCCCCCCOC(C)=C(C(F)(F)F)C(F)(F)F. The molecule has 0 bridgehead atoms. The fourth-order valence-corrected chi connectivity index (χ4v) is 3.86. The van der Waals surface area contributed by atoms with Gasteiger partial charge in [-0.3, -0.25) is 0 Å². The smallest absolute Gasteiger partial charge is 0.424 e. The molecule has 0 amide bonds. The van der Waals surface area contributed by atoms with Crippen LogP contribution in [0.2, 0.25) is 0 Å². The number of hydrogen-bond donors (Lipinski definition) is 0. The minimum Gasteiger partial charge on any atom is -0.498 e. The summed E-state index contributed by atoms with van der Waals surface area (Å²) >= 11 is 0. The monoisotopic (exact) mass is 474 g/mol. The molecule has 32 heavy (non-hydrogen) atoms. The van der Waals surface area contributed by atoms with Gasteiger partial charge in [0.2, 0.25) is 0 Å². The molecule has 0 aliphatic heterocycles. The first-order valence-electron chi connectivity index (χ1n) is 12.6. The van der Waals surface area contributed by atoms with Crippen molar-refractivity contribution in [3.63, 3.8) is 0 Å². The van der Waals surface area contributed by atoms with Gasteiger partial charge in [0.25, 0.3) is 0 Å². The maximum Gasteiger partial charge on any atom is 0.424 e. The van der Waals surface area contributed by atoms with Crippen molar-refractivity contribution in [2.75, 3.05) is 6.61 Å². The Labute approximate surface area is 191 Å². The third-order valence-electron chi connectivity index (χ3n) is 5.74. The molecule has 0 aromatic heterocycles. The van der Waals surface area contributed by atoms with Crippen molar-refractivity contribution in [1.82, 2.24) is 0 Å². The van der Waals surface area contributed by atoms with Crippen molar-refractivity contribution in [3.05, 3.63) is 11.3 Å². The molecular formula is C25H44F6O. The maximum absolute atomic E-state index is 12.6. The Kier molecular flexibility index (Phi) is 18.0. The first-order chi connectivity index (χ1) is 15.1. The van der Waals surface area contributed by atoms with E-state index in [0.29, 0.717) is 6.42 Å². The van der Waals surface area contributed by atoms with Crippen LogP contribution in [0, 0.1) is 0 Å². The van der Waals surface area contributed by atoms with E-state index in [1.54, 1.807) is 0 Å². The molecule has 0 spiro atoms. The van der Waals surface area contributed by atoms with Crippen LogP contribution in [0.1, 0.15) is 129 Å². The van der Waals surface area contributed by atoms with Crippen LogP contribution in [0.25, 0.3) is 0 Å². The molecule has 0 atom stereocenters. The van der Waals surface area contributed by atoms with Crippen LogP contribution in [-0.4, -0.2) is 19.0 Å². The van der Waals surface area contributed by atoms with E-state index >= 15 is 0 Å². The van der Waals surface area contributed by atoms with Crippen molar-refractivity contribution >= 4 is 0 Å². The molecule has 192 valence electrons. The second-order valence-electron chi connectivity index (χ2n) is 8.79. The highest BCUT2D eigenvalue weighted by atomic mass is 19.4. The van der Waals surface area contributed by atoms with Crippen molar-refractivity contribution in [2.45, 2.75) is 142 Å².